The minimum absolute atomic E-state index is 0.0355. The second-order valence-corrected chi connectivity index (χ2v) is 11.7. The van der Waals surface area contributed by atoms with Crippen molar-refractivity contribution < 1.29 is 4.79 Å². The van der Waals surface area contributed by atoms with Gasteiger partial charge < -0.3 is 5.32 Å². The fourth-order valence-electron chi connectivity index (χ4n) is 4.73. The van der Waals surface area contributed by atoms with E-state index in [1.54, 1.807) is 4.63 Å². The lowest BCUT2D eigenvalue weighted by atomic mass is 9.92. The van der Waals surface area contributed by atoms with Gasteiger partial charge >= 0.3 is 0 Å². The van der Waals surface area contributed by atoms with E-state index < -0.39 is 0 Å². The predicted octanol–water partition coefficient (Wildman–Crippen LogP) is 8.04. The summed E-state index contributed by atoms with van der Waals surface area (Å²) in [4.78, 5) is 17.3. The van der Waals surface area contributed by atoms with Crippen LogP contribution < -0.4 is 5.32 Å². The first-order chi connectivity index (χ1) is 17.8. The van der Waals surface area contributed by atoms with Gasteiger partial charge in [-0.15, -0.1) is 5.10 Å². The molecular weight excluding hydrogens is 482 g/mol. The largest absolute Gasteiger partial charge is 0.356 e. The predicted molar refractivity (Wildman–Crippen MR) is 154 cm³/mol. The lowest BCUT2D eigenvalue weighted by Crippen LogP contribution is -2.26. The lowest BCUT2D eigenvalue weighted by molar-refractivity contribution is -0.120. The molecule has 0 aliphatic carbocycles. The Kier molecular flexibility index (Phi) is 11.5. The van der Waals surface area contributed by atoms with Crippen molar-refractivity contribution in [3.63, 3.8) is 0 Å². The number of aromatic nitrogens is 4. The van der Waals surface area contributed by atoms with Gasteiger partial charge in [0.2, 0.25) is 5.91 Å². The maximum Gasteiger partial charge on any atom is 0.224 e. The molecule has 1 aromatic carbocycles. The van der Waals surface area contributed by atoms with Crippen molar-refractivity contribution in [1.82, 2.24) is 25.1 Å². The number of rotatable bonds is 16. The topological polar surface area (TPSA) is 75.1 Å². The summed E-state index contributed by atoms with van der Waals surface area (Å²) in [5, 5.41) is 11.5. The third kappa shape index (κ3) is 8.87. The third-order valence-electron chi connectivity index (χ3n) is 6.95. The average molecular weight is 528 g/mol. The monoisotopic (exact) mass is 527 g/mol. The Morgan fingerprint density at radius 2 is 1.54 bits per heavy atom. The van der Waals surface area contributed by atoms with Gasteiger partial charge in [-0.1, -0.05) is 134 Å². The first kappa shape index (κ1) is 29.2. The molecule has 7 heteroatoms. The fourth-order valence-corrected chi connectivity index (χ4v) is 5.18. The van der Waals surface area contributed by atoms with Gasteiger partial charge in [0.05, 0.1) is 12.1 Å². The molecule has 3 aromatic rings. The number of nitrogens with zero attached hydrogens (tertiary/aromatic N) is 3. The normalized spacial score (nSPS) is 11.9. The van der Waals surface area contributed by atoms with Crippen molar-refractivity contribution in [2.75, 3.05) is 6.54 Å². The van der Waals surface area contributed by atoms with Crippen LogP contribution in [-0.4, -0.2) is 32.3 Å². The molecule has 0 aliphatic rings. The number of benzene rings is 1. The van der Waals surface area contributed by atoms with Crippen molar-refractivity contribution in [1.29, 1.82) is 0 Å². The fraction of sp³-hybridized carbons (Fsp3) is 0.633. The number of hydrogen-bond acceptors (Lipinski definition) is 3. The van der Waals surface area contributed by atoms with Crippen LogP contribution in [0.15, 0.2) is 24.3 Å². The maximum absolute atomic E-state index is 12.6. The highest BCUT2D eigenvalue weighted by atomic mass is 35.5. The zero-order chi connectivity index (χ0) is 26.7. The molecule has 0 bridgehead atoms. The van der Waals surface area contributed by atoms with Crippen molar-refractivity contribution in [3.8, 4) is 11.4 Å². The third-order valence-corrected chi connectivity index (χ3v) is 7.31. The first-order valence-corrected chi connectivity index (χ1v) is 14.7. The molecular formula is C30H46ClN5O. The Balaban J connectivity index is 1.39. The number of nitrogens with one attached hydrogen (secondary N) is 2. The summed E-state index contributed by atoms with van der Waals surface area (Å²) in [5.74, 6) is 0.603. The van der Waals surface area contributed by atoms with Crippen molar-refractivity contribution in [2.45, 2.75) is 117 Å². The van der Waals surface area contributed by atoms with Crippen LogP contribution in [0.3, 0.4) is 0 Å². The molecule has 2 aromatic heterocycles. The zero-order valence-corrected chi connectivity index (χ0v) is 24.1. The maximum atomic E-state index is 12.6. The van der Waals surface area contributed by atoms with Crippen molar-refractivity contribution in [3.05, 3.63) is 40.5 Å². The summed E-state index contributed by atoms with van der Waals surface area (Å²) in [6.07, 6.45) is 16.1. The van der Waals surface area contributed by atoms with E-state index in [2.05, 4.69) is 48.2 Å². The van der Waals surface area contributed by atoms with E-state index in [0.29, 0.717) is 22.9 Å². The SMILES string of the molecule is CCCCCCCCCCCCCCNC(=O)Cc1ccccc1-c1nc2c(Cl)c(C(C)(C)C)[nH]n2n1. The molecule has 0 saturated heterocycles. The minimum atomic E-state index is -0.136. The summed E-state index contributed by atoms with van der Waals surface area (Å²) < 4.78 is 1.63. The molecule has 3 rings (SSSR count). The van der Waals surface area contributed by atoms with Gasteiger partial charge in [-0.25, -0.2) is 4.98 Å². The summed E-state index contributed by atoms with van der Waals surface area (Å²) in [6.45, 7) is 9.28. The first-order valence-electron chi connectivity index (χ1n) is 14.3. The van der Waals surface area contributed by atoms with Crippen LogP contribution in [0, 0.1) is 0 Å². The van der Waals surface area contributed by atoms with E-state index in [9.17, 15) is 4.79 Å². The van der Waals surface area contributed by atoms with Crippen LogP contribution in [0.1, 0.15) is 116 Å². The van der Waals surface area contributed by atoms with Crippen molar-refractivity contribution in [2.24, 2.45) is 0 Å². The van der Waals surface area contributed by atoms with Gasteiger partial charge in [-0.3, -0.25) is 9.89 Å². The Hall–Kier alpha value is -2.34. The van der Waals surface area contributed by atoms with E-state index in [4.69, 9.17) is 11.6 Å². The summed E-state index contributed by atoms with van der Waals surface area (Å²) >= 11 is 6.59. The second kappa shape index (κ2) is 14.6. The number of amides is 1. The van der Waals surface area contributed by atoms with E-state index in [-0.39, 0.29) is 11.3 Å². The van der Waals surface area contributed by atoms with E-state index in [1.165, 1.54) is 70.6 Å². The molecule has 0 fully saturated rings. The highest BCUT2D eigenvalue weighted by Gasteiger charge is 2.25. The minimum Gasteiger partial charge on any atom is -0.356 e. The Morgan fingerprint density at radius 3 is 2.14 bits per heavy atom. The smallest absolute Gasteiger partial charge is 0.224 e. The number of fused-ring (bicyclic) bond motifs is 1. The molecule has 0 radical (unpaired) electrons. The van der Waals surface area contributed by atoms with E-state index in [0.717, 1.165) is 29.8 Å². The quantitative estimate of drug-likeness (QED) is 0.185. The van der Waals surface area contributed by atoms with Crippen LogP contribution in [-0.2, 0) is 16.6 Å². The molecule has 1 amide bonds. The lowest BCUT2D eigenvalue weighted by Gasteiger charge is -2.16. The van der Waals surface area contributed by atoms with Gasteiger partial charge in [-0.05, 0) is 12.0 Å². The molecule has 0 spiro atoms. The number of carbonyl (C=O) groups is 1. The van der Waals surface area contributed by atoms with Gasteiger partial charge in [0.15, 0.2) is 11.5 Å². The molecule has 2 heterocycles. The average Bonchev–Trinajstić information content (AvgIpc) is 3.41. The number of aromatic amines is 1. The highest BCUT2D eigenvalue weighted by Crippen LogP contribution is 2.32. The number of hydrogen-bond donors (Lipinski definition) is 2. The number of H-pyrrole nitrogens is 1. The van der Waals surface area contributed by atoms with Gasteiger partial charge in [0, 0.05) is 17.5 Å². The van der Waals surface area contributed by atoms with Gasteiger partial charge in [0.1, 0.15) is 5.02 Å². The van der Waals surface area contributed by atoms with E-state index in [1.807, 2.05) is 24.3 Å². The van der Waals surface area contributed by atoms with Crippen LogP contribution in [0.4, 0.5) is 0 Å². The summed E-state index contributed by atoms with van der Waals surface area (Å²) in [5.41, 5.74) is 3.14. The second-order valence-electron chi connectivity index (χ2n) is 11.3. The van der Waals surface area contributed by atoms with Crippen LogP contribution in [0.25, 0.3) is 17.0 Å². The Labute approximate surface area is 228 Å². The number of carbonyl (C=O) groups excluding carboxylic acids is 1. The van der Waals surface area contributed by atoms with Crippen molar-refractivity contribution >= 4 is 23.2 Å². The van der Waals surface area contributed by atoms with E-state index >= 15 is 0 Å². The van der Waals surface area contributed by atoms with Gasteiger partial charge in [-0.2, -0.15) is 4.63 Å². The van der Waals surface area contributed by atoms with Crippen LogP contribution in [0.2, 0.25) is 5.02 Å². The molecule has 0 unspecified atom stereocenters. The standard InChI is InChI=1S/C30H46ClN5O/c1-5-6-7-8-9-10-11-12-13-14-15-18-21-32-25(37)22-23-19-16-17-20-24(23)28-33-29-26(31)27(30(2,3)4)34-36(29)35-28/h16-17,19-20,34H,5-15,18,21-22H2,1-4H3,(H,32,37). The summed E-state index contributed by atoms with van der Waals surface area (Å²) in [6, 6.07) is 7.82. The highest BCUT2D eigenvalue weighted by molar-refractivity contribution is 6.34. The Morgan fingerprint density at radius 1 is 0.946 bits per heavy atom. The van der Waals surface area contributed by atoms with Crippen LogP contribution >= 0.6 is 11.6 Å². The summed E-state index contributed by atoms with van der Waals surface area (Å²) in [7, 11) is 0. The Bertz CT molecular complexity index is 1110. The number of halogens is 1. The molecule has 0 saturated carbocycles. The molecule has 0 atom stereocenters. The molecule has 37 heavy (non-hydrogen) atoms. The molecule has 0 aliphatic heterocycles. The van der Waals surface area contributed by atoms with Gasteiger partial charge in [0.25, 0.3) is 0 Å². The van der Waals surface area contributed by atoms with Crippen LogP contribution in [0.5, 0.6) is 0 Å². The molecule has 6 nitrogen and oxygen atoms in total. The number of unbranched alkanes of at least 4 members (excludes halogenated alkanes) is 11. The zero-order valence-electron chi connectivity index (χ0n) is 23.3. The molecule has 2 N–H and O–H groups in total. The molecule has 204 valence electrons.